The van der Waals surface area contributed by atoms with Crippen molar-refractivity contribution in [2.24, 2.45) is 17.4 Å². The molecule has 0 fully saturated rings. The van der Waals surface area contributed by atoms with Crippen LogP contribution in [0.4, 0.5) is 0 Å². The first-order valence-electron chi connectivity index (χ1n) is 22.1. The van der Waals surface area contributed by atoms with Crippen LogP contribution in [0.5, 0.6) is 5.75 Å². The summed E-state index contributed by atoms with van der Waals surface area (Å²) >= 11 is 0. The summed E-state index contributed by atoms with van der Waals surface area (Å²) in [7, 11) is -3.67. The molecule has 336 valence electrons. The minimum Gasteiger partial charge on any atom is -0.508 e. The largest absolute Gasteiger partial charge is 0.508 e. The third-order valence-electron chi connectivity index (χ3n) is 10.5. The molecule has 0 bridgehead atoms. The second-order valence-electron chi connectivity index (χ2n) is 15.8. The average molecular weight is 850 g/mol. The van der Waals surface area contributed by atoms with E-state index in [4.69, 9.17) is 11.5 Å². The van der Waals surface area contributed by atoms with Gasteiger partial charge < -0.3 is 27.2 Å². The Bertz CT molecular complexity index is 1500. The van der Waals surface area contributed by atoms with E-state index in [1.165, 1.54) is 69.9 Å². The number of primary amides is 1. The molecular formula is C44H75N5O9S. The Morgan fingerprint density at radius 3 is 1.80 bits per heavy atom. The maximum absolute atomic E-state index is 13.8. The molecule has 3 amide bonds. The number of unbranched alkanes of at least 4 members (excludes halogenated alkanes) is 14. The lowest BCUT2D eigenvalue weighted by Crippen LogP contribution is -2.47. The third-order valence-corrected chi connectivity index (χ3v) is 12.0. The van der Waals surface area contributed by atoms with E-state index in [0.717, 1.165) is 25.7 Å². The first kappa shape index (κ1) is 53.3. The summed E-state index contributed by atoms with van der Waals surface area (Å²) in [4.78, 5) is 77.3. The molecule has 0 saturated carbocycles. The lowest BCUT2D eigenvalue weighted by Gasteiger charge is -2.24. The van der Waals surface area contributed by atoms with Crippen molar-refractivity contribution in [2.45, 2.75) is 180 Å². The minimum atomic E-state index is -3.67. The summed E-state index contributed by atoms with van der Waals surface area (Å²) in [6, 6.07) is 4.08. The molecule has 0 aromatic heterocycles. The summed E-state index contributed by atoms with van der Waals surface area (Å²) in [5.41, 5.74) is 11.6. The number of aromatic hydroxyl groups is 1. The van der Waals surface area contributed by atoms with Crippen LogP contribution < -0.4 is 26.8 Å². The Kier molecular flexibility index (Phi) is 29.0. The highest BCUT2D eigenvalue weighted by molar-refractivity contribution is 7.89. The number of hydrogen-bond donors (Lipinski definition) is 6. The number of carbonyl (C=O) groups is 6. The number of sulfonamides is 1. The van der Waals surface area contributed by atoms with Crippen LogP contribution in [-0.4, -0.2) is 79.5 Å². The van der Waals surface area contributed by atoms with Crippen LogP contribution in [0.25, 0.3) is 0 Å². The topological polar surface area (TPSA) is 245 Å². The highest BCUT2D eigenvalue weighted by Crippen LogP contribution is 2.19. The predicted molar refractivity (Wildman–Crippen MR) is 232 cm³/mol. The van der Waals surface area contributed by atoms with Crippen LogP contribution in [0.1, 0.15) is 167 Å². The van der Waals surface area contributed by atoms with Gasteiger partial charge in [-0.1, -0.05) is 109 Å². The first-order valence-corrected chi connectivity index (χ1v) is 23.8. The summed E-state index contributed by atoms with van der Waals surface area (Å²) in [6.45, 7) is 3.89. The number of carbonyl (C=O) groups excluding carboxylic acids is 6. The molecule has 0 aliphatic carbocycles. The number of rotatable bonds is 38. The molecule has 14 nitrogen and oxygen atoms in total. The zero-order valence-corrected chi connectivity index (χ0v) is 36.7. The highest BCUT2D eigenvalue weighted by atomic mass is 32.2. The number of phenols is 1. The Morgan fingerprint density at radius 1 is 0.678 bits per heavy atom. The zero-order chi connectivity index (χ0) is 43.9. The van der Waals surface area contributed by atoms with Crippen molar-refractivity contribution in [3.63, 3.8) is 0 Å². The molecule has 1 rings (SSSR count). The van der Waals surface area contributed by atoms with Gasteiger partial charge in [0, 0.05) is 38.0 Å². The highest BCUT2D eigenvalue weighted by Gasteiger charge is 2.30. The number of nitrogens with two attached hydrogens (primary N) is 2. The Morgan fingerprint density at radius 2 is 1.25 bits per heavy atom. The van der Waals surface area contributed by atoms with Gasteiger partial charge in [-0.05, 0) is 62.8 Å². The monoisotopic (exact) mass is 850 g/mol. The number of nitrogens with one attached hydrogen (secondary N) is 3. The maximum atomic E-state index is 13.8. The van der Waals surface area contributed by atoms with E-state index in [1.807, 2.05) is 0 Å². The van der Waals surface area contributed by atoms with Crippen LogP contribution in [0, 0.1) is 5.92 Å². The summed E-state index contributed by atoms with van der Waals surface area (Å²) in [6.07, 6.45) is 16.7. The van der Waals surface area contributed by atoms with Crippen LogP contribution in [-0.2, 0) is 45.2 Å². The standard InChI is InChI=1S/C44H75N5O9S/c1-3-5-6-7-8-9-10-11-12-13-14-15-16-19-30-59(57,58)47-33-37(51)26-28-43(55)48-39(31-34-21-24-36(50)25-22-34)41(53)32-35(23-27-42(46)54)44(56)49-38(40(52)4-2)20-17-18-29-45/h21-22,24-25,35,38-39,47,50H,3-20,23,26-33,45H2,1-2H3,(H2,46,54)(H,48,55)(H,49,56)/t35-,38+,39+/m1/s1. The molecule has 1 aromatic rings. The number of Topliss-reactive ketones (excluding diaryl/α,β-unsaturated/α-hetero) is 3. The molecule has 0 aliphatic heterocycles. The molecule has 0 radical (unpaired) electrons. The number of ketones is 3. The number of phenolic OH excluding ortho intramolecular Hbond substituents is 1. The van der Waals surface area contributed by atoms with Crippen molar-refractivity contribution in [3.8, 4) is 5.75 Å². The normalized spacial score (nSPS) is 13.0. The van der Waals surface area contributed by atoms with Gasteiger partial charge in [-0.25, -0.2) is 13.1 Å². The van der Waals surface area contributed by atoms with Gasteiger partial charge in [0.25, 0.3) is 0 Å². The summed E-state index contributed by atoms with van der Waals surface area (Å²) in [5, 5.41) is 15.2. The number of hydrogen-bond acceptors (Lipinski definition) is 10. The van der Waals surface area contributed by atoms with Gasteiger partial charge in [0.1, 0.15) is 11.5 Å². The van der Waals surface area contributed by atoms with Crippen LogP contribution >= 0.6 is 0 Å². The predicted octanol–water partition coefficient (Wildman–Crippen LogP) is 5.60. The van der Waals surface area contributed by atoms with Gasteiger partial charge in [0.2, 0.25) is 27.7 Å². The van der Waals surface area contributed by atoms with Gasteiger partial charge in [-0.3, -0.25) is 28.8 Å². The number of amides is 3. The summed E-state index contributed by atoms with van der Waals surface area (Å²) < 4.78 is 27.4. The van der Waals surface area contributed by atoms with Crippen molar-refractivity contribution >= 4 is 45.1 Å². The lowest BCUT2D eigenvalue weighted by atomic mass is 9.90. The molecule has 0 aliphatic rings. The quantitative estimate of drug-likeness (QED) is 0.0450. The minimum absolute atomic E-state index is 0.000199. The van der Waals surface area contributed by atoms with Gasteiger partial charge >= 0.3 is 0 Å². The zero-order valence-electron chi connectivity index (χ0n) is 35.9. The van der Waals surface area contributed by atoms with Crippen molar-refractivity contribution in [1.29, 1.82) is 0 Å². The lowest BCUT2D eigenvalue weighted by molar-refractivity contribution is -0.134. The fourth-order valence-corrected chi connectivity index (χ4v) is 7.95. The molecule has 0 heterocycles. The molecule has 0 unspecified atom stereocenters. The first-order chi connectivity index (χ1) is 28.2. The van der Waals surface area contributed by atoms with Crippen LogP contribution in [0.3, 0.4) is 0 Å². The van der Waals surface area contributed by atoms with E-state index >= 15 is 0 Å². The number of benzene rings is 1. The van der Waals surface area contributed by atoms with E-state index < -0.39 is 63.9 Å². The molecule has 15 heteroatoms. The second-order valence-corrected chi connectivity index (χ2v) is 17.7. The fourth-order valence-electron chi connectivity index (χ4n) is 6.84. The van der Waals surface area contributed by atoms with Crippen molar-refractivity contribution in [1.82, 2.24) is 15.4 Å². The van der Waals surface area contributed by atoms with Gasteiger partial charge in [-0.15, -0.1) is 0 Å². The van der Waals surface area contributed by atoms with E-state index in [9.17, 15) is 42.3 Å². The molecule has 0 spiro atoms. The molecule has 8 N–H and O–H groups in total. The smallest absolute Gasteiger partial charge is 0.224 e. The van der Waals surface area contributed by atoms with E-state index in [1.54, 1.807) is 19.1 Å². The van der Waals surface area contributed by atoms with Gasteiger partial charge in [0.15, 0.2) is 11.6 Å². The third kappa shape index (κ3) is 26.9. The van der Waals surface area contributed by atoms with Crippen molar-refractivity contribution in [2.75, 3.05) is 18.8 Å². The van der Waals surface area contributed by atoms with Crippen molar-refractivity contribution < 1.29 is 42.3 Å². The molecule has 59 heavy (non-hydrogen) atoms. The van der Waals surface area contributed by atoms with Gasteiger partial charge in [-0.2, -0.15) is 0 Å². The maximum Gasteiger partial charge on any atom is 0.224 e. The Labute approximate surface area is 353 Å². The molecule has 1 aromatic carbocycles. The summed E-state index contributed by atoms with van der Waals surface area (Å²) in [5.74, 6) is -4.21. The Hall–Kier alpha value is -3.69. The van der Waals surface area contributed by atoms with Crippen LogP contribution in [0.15, 0.2) is 24.3 Å². The molecule has 0 saturated heterocycles. The van der Waals surface area contributed by atoms with Crippen molar-refractivity contribution in [3.05, 3.63) is 29.8 Å². The second kappa shape index (κ2) is 32.1. The van der Waals surface area contributed by atoms with Crippen LogP contribution in [0.2, 0.25) is 0 Å². The van der Waals surface area contributed by atoms with E-state index in [0.29, 0.717) is 37.8 Å². The van der Waals surface area contributed by atoms with Gasteiger partial charge in [0.05, 0.1) is 24.4 Å². The Balaban J connectivity index is 2.70. The molecular weight excluding hydrogens is 775 g/mol. The van der Waals surface area contributed by atoms with E-state index in [2.05, 4.69) is 22.3 Å². The molecule has 3 atom stereocenters. The van der Waals surface area contributed by atoms with E-state index in [-0.39, 0.29) is 62.2 Å². The SMILES string of the molecule is CCCCCCCCCCCCCCCCS(=O)(=O)NCC(=O)CCC(=O)N[C@@H](Cc1ccc(O)cc1)C(=O)C[C@@H](CCC(N)=O)C(=O)N[C@@H](CCCCN)C(=O)CC. The average Bonchev–Trinajstić information content (AvgIpc) is 3.20. The fraction of sp³-hybridized carbons (Fsp3) is 0.727.